The van der Waals surface area contributed by atoms with Gasteiger partial charge in [-0.05, 0) is 43.6 Å². The van der Waals surface area contributed by atoms with Crippen molar-refractivity contribution in [3.63, 3.8) is 0 Å². The number of amides is 2. The summed E-state index contributed by atoms with van der Waals surface area (Å²) in [7, 11) is 0. The van der Waals surface area contributed by atoms with Crippen LogP contribution in [0.4, 0.5) is 0 Å². The quantitative estimate of drug-likeness (QED) is 0.693. The molecule has 6 heteroatoms. The molecule has 0 aromatic heterocycles. The summed E-state index contributed by atoms with van der Waals surface area (Å²) >= 11 is 0. The lowest BCUT2D eigenvalue weighted by atomic mass is 10.0. The van der Waals surface area contributed by atoms with Gasteiger partial charge in [-0.3, -0.25) is 14.5 Å². The molecule has 170 valence electrons. The molecule has 0 unspecified atom stereocenters. The van der Waals surface area contributed by atoms with Crippen molar-refractivity contribution in [3.05, 3.63) is 71.8 Å². The molecule has 2 aromatic carbocycles. The van der Waals surface area contributed by atoms with Crippen LogP contribution in [0.5, 0.6) is 0 Å². The average Bonchev–Trinajstić information content (AvgIpc) is 3.37. The Kier molecular flexibility index (Phi) is 7.91. The predicted octanol–water partition coefficient (Wildman–Crippen LogP) is 2.27. The Balaban J connectivity index is 1.35. The zero-order valence-corrected chi connectivity index (χ0v) is 18.8. The second-order valence-corrected chi connectivity index (χ2v) is 8.80. The van der Waals surface area contributed by atoms with Gasteiger partial charge in [-0.1, -0.05) is 48.5 Å². The monoisotopic (exact) mass is 434 g/mol. The van der Waals surface area contributed by atoms with E-state index in [0.717, 1.165) is 31.7 Å². The summed E-state index contributed by atoms with van der Waals surface area (Å²) in [6, 6.07) is 18.4. The second kappa shape index (κ2) is 11.2. The Labute approximate surface area is 191 Å². The van der Waals surface area contributed by atoms with Gasteiger partial charge < -0.3 is 15.1 Å². The van der Waals surface area contributed by atoms with Gasteiger partial charge in [0.25, 0.3) is 5.91 Å². The minimum atomic E-state index is -0.568. The molecule has 0 aliphatic carbocycles. The maximum absolute atomic E-state index is 13.4. The Morgan fingerprint density at radius 1 is 0.750 bits per heavy atom. The molecule has 0 saturated carbocycles. The largest absolute Gasteiger partial charge is 0.340 e. The van der Waals surface area contributed by atoms with Gasteiger partial charge >= 0.3 is 0 Å². The first-order chi connectivity index (χ1) is 15.7. The van der Waals surface area contributed by atoms with Crippen LogP contribution in [0.2, 0.25) is 0 Å². The molecule has 32 heavy (non-hydrogen) atoms. The van der Waals surface area contributed by atoms with Crippen molar-refractivity contribution < 1.29 is 9.59 Å². The van der Waals surface area contributed by atoms with Gasteiger partial charge in [0.05, 0.1) is 0 Å². The predicted molar refractivity (Wildman–Crippen MR) is 127 cm³/mol. The van der Waals surface area contributed by atoms with E-state index in [1.165, 1.54) is 25.9 Å². The van der Waals surface area contributed by atoms with Crippen molar-refractivity contribution in [2.75, 3.05) is 52.4 Å². The summed E-state index contributed by atoms with van der Waals surface area (Å²) in [5.41, 5.74) is 1.62. The molecule has 2 heterocycles. The molecule has 1 atom stereocenters. The van der Waals surface area contributed by atoms with Crippen LogP contribution in [0.3, 0.4) is 0 Å². The van der Waals surface area contributed by atoms with E-state index in [2.05, 4.69) is 15.1 Å². The molecule has 0 bridgehead atoms. The topological polar surface area (TPSA) is 55.9 Å². The zero-order valence-electron chi connectivity index (χ0n) is 18.8. The number of carbonyl (C=O) groups excluding carboxylic acids is 2. The van der Waals surface area contributed by atoms with Crippen molar-refractivity contribution in [1.29, 1.82) is 0 Å². The third kappa shape index (κ3) is 6.17. The van der Waals surface area contributed by atoms with E-state index in [1.807, 2.05) is 53.4 Å². The fourth-order valence-electron chi connectivity index (χ4n) is 4.58. The molecular weight excluding hydrogens is 400 g/mol. The van der Waals surface area contributed by atoms with E-state index in [0.29, 0.717) is 25.1 Å². The maximum Gasteiger partial charge on any atom is 0.251 e. The molecule has 2 fully saturated rings. The number of carbonyl (C=O) groups is 2. The van der Waals surface area contributed by atoms with Crippen LogP contribution in [0.1, 0.15) is 28.8 Å². The summed E-state index contributed by atoms with van der Waals surface area (Å²) in [6.07, 6.45) is 3.13. The Morgan fingerprint density at radius 3 is 1.94 bits per heavy atom. The maximum atomic E-state index is 13.4. The number of hydrogen-bond acceptors (Lipinski definition) is 4. The number of hydrogen-bond donors (Lipinski definition) is 1. The molecule has 2 aliphatic heterocycles. The number of likely N-dealkylation sites (tertiary alicyclic amines) is 1. The van der Waals surface area contributed by atoms with E-state index in [9.17, 15) is 9.59 Å². The van der Waals surface area contributed by atoms with Crippen LogP contribution >= 0.6 is 0 Å². The number of nitrogens with one attached hydrogen (secondary N) is 1. The first kappa shape index (κ1) is 22.5. The standard InChI is InChI=1S/C26H34N4O2/c31-25(23-11-5-2-6-12-23)27-24(21-22-9-3-1-4-10-22)26(32)30-19-17-29(18-20-30)16-15-28-13-7-8-14-28/h1-6,9-12,24H,7-8,13-21H2,(H,27,31)/t24-/m1/s1. The zero-order chi connectivity index (χ0) is 22.2. The average molecular weight is 435 g/mol. The molecular formula is C26H34N4O2. The van der Waals surface area contributed by atoms with E-state index in [4.69, 9.17) is 0 Å². The number of nitrogens with zero attached hydrogens (tertiary/aromatic N) is 3. The summed E-state index contributed by atoms with van der Waals surface area (Å²) in [5.74, 6) is -0.193. The summed E-state index contributed by atoms with van der Waals surface area (Å²) in [4.78, 5) is 33.1. The molecule has 0 spiro atoms. The van der Waals surface area contributed by atoms with Crippen LogP contribution in [-0.4, -0.2) is 84.9 Å². The van der Waals surface area contributed by atoms with Crippen molar-refractivity contribution in [2.45, 2.75) is 25.3 Å². The fourth-order valence-corrected chi connectivity index (χ4v) is 4.58. The Morgan fingerprint density at radius 2 is 1.31 bits per heavy atom. The summed E-state index contributed by atoms with van der Waals surface area (Å²) in [5, 5.41) is 3.00. The fraction of sp³-hybridized carbons (Fsp3) is 0.462. The van der Waals surface area contributed by atoms with Crippen LogP contribution in [-0.2, 0) is 11.2 Å². The van der Waals surface area contributed by atoms with E-state index in [-0.39, 0.29) is 11.8 Å². The van der Waals surface area contributed by atoms with Gasteiger partial charge in [0, 0.05) is 51.3 Å². The van der Waals surface area contributed by atoms with Crippen molar-refractivity contribution in [1.82, 2.24) is 20.0 Å². The first-order valence-corrected chi connectivity index (χ1v) is 11.8. The van der Waals surface area contributed by atoms with Gasteiger partial charge in [-0.2, -0.15) is 0 Å². The van der Waals surface area contributed by atoms with Crippen LogP contribution in [0.25, 0.3) is 0 Å². The van der Waals surface area contributed by atoms with Gasteiger partial charge in [-0.15, -0.1) is 0 Å². The molecule has 2 saturated heterocycles. The van der Waals surface area contributed by atoms with Crippen molar-refractivity contribution in [3.8, 4) is 0 Å². The SMILES string of the molecule is O=C(N[C@H](Cc1ccccc1)C(=O)N1CCN(CCN2CCCC2)CC1)c1ccccc1. The van der Waals surface area contributed by atoms with Gasteiger partial charge in [0.1, 0.15) is 6.04 Å². The first-order valence-electron chi connectivity index (χ1n) is 11.8. The third-order valence-electron chi connectivity index (χ3n) is 6.54. The van der Waals surface area contributed by atoms with E-state index < -0.39 is 6.04 Å². The van der Waals surface area contributed by atoms with Crippen LogP contribution in [0.15, 0.2) is 60.7 Å². The lowest BCUT2D eigenvalue weighted by Gasteiger charge is -2.37. The summed E-state index contributed by atoms with van der Waals surface area (Å²) < 4.78 is 0. The molecule has 1 N–H and O–H groups in total. The second-order valence-electron chi connectivity index (χ2n) is 8.80. The van der Waals surface area contributed by atoms with Crippen LogP contribution < -0.4 is 5.32 Å². The highest BCUT2D eigenvalue weighted by atomic mass is 16.2. The smallest absolute Gasteiger partial charge is 0.251 e. The number of benzene rings is 2. The molecule has 4 rings (SSSR count). The third-order valence-corrected chi connectivity index (χ3v) is 6.54. The molecule has 2 aromatic rings. The van der Waals surface area contributed by atoms with Crippen LogP contribution in [0, 0.1) is 0 Å². The Hall–Kier alpha value is -2.70. The summed E-state index contributed by atoms with van der Waals surface area (Å²) in [6.45, 7) is 7.85. The molecule has 2 amide bonds. The van der Waals surface area contributed by atoms with Crippen molar-refractivity contribution >= 4 is 11.8 Å². The minimum Gasteiger partial charge on any atom is -0.340 e. The lowest BCUT2D eigenvalue weighted by Crippen LogP contribution is -2.56. The van der Waals surface area contributed by atoms with E-state index in [1.54, 1.807) is 12.1 Å². The van der Waals surface area contributed by atoms with Gasteiger partial charge in [0.2, 0.25) is 5.91 Å². The molecule has 6 nitrogen and oxygen atoms in total. The Bertz CT molecular complexity index is 860. The van der Waals surface area contributed by atoms with Crippen molar-refractivity contribution in [2.24, 2.45) is 0 Å². The molecule has 0 radical (unpaired) electrons. The van der Waals surface area contributed by atoms with Gasteiger partial charge in [0.15, 0.2) is 0 Å². The highest BCUT2D eigenvalue weighted by Gasteiger charge is 2.29. The number of rotatable bonds is 8. The highest BCUT2D eigenvalue weighted by molar-refractivity contribution is 5.97. The molecule has 2 aliphatic rings. The number of piperazine rings is 1. The van der Waals surface area contributed by atoms with Gasteiger partial charge in [-0.25, -0.2) is 0 Å². The normalized spacial score (nSPS) is 18.4. The highest BCUT2D eigenvalue weighted by Crippen LogP contribution is 2.12. The van der Waals surface area contributed by atoms with E-state index >= 15 is 0 Å². The lowest BCUT2D eigenvalue weighted by molar-refractivity contribution is -0.135. The minimum absolute atomic E-state index is 0.0114.